The molecule has 0 radical (unpaired) electrons. The summed E-state index contributed by atoms with van der Waals surface area (Å²) in [5, 5.41) is 0. The van der Waals surface area contributed by atoms with E-state index in [0.717, 1.165) is 12.3 Å². The summed E-state index contributed by atoms with van der Waals surface area (Å²) in [6.07, 6.45) is 26.7. The quantitative estimate of drug-likeness (QED) is 0.200. The lowest BCUT2D eigenvalue weighted by Crippen LogP contribution is -2.02. The monoisotopic (exact) mass is 422 g/mol. The van der Waals surface area contributed by atoms with Crippen LogP contribution in [0.4, 0.5) is 0 Å². The maximum atomic E-state index is 9.28. The van der Waals surface area contributed by atoms with E-state index in [1.54, 1.807) is 0 Å². The van der Waals surface area contributed by atoms with Crippen LogP contribution in [0.1, 0.15) is 122 Å². The Morgan fingerprint density at radius 2 is 1.15 bits per heavy atom. The van der Waals surface area contributed by atoms with Crippen LogP contribution in [-0.4, -0.2) is 11.5 Å². The molecule has 0 aromatic heterocycles. The molecule has 1 atom stereocenters. The summed E-state index contributed by atoms with van der Waals surface area (Å²) in [6.45, 7) is 0.555. The fraction of sp³-hybridized carbons (Fsp3) is 1.00. The predicted octanol–water partition coefficient (Wildman–Crippen LogP) is 8.19. The van der Waals surface area contributed by atoms with Crippen molar-refractivity contribution in [1.82, 2.24) is 0 Å². The third-order valence-electron chi connectivity index (χ3n) is 5.74. The van der Waals surface area contributed by atoms with E-state index in [-0.39, 0.29) is 0 Å². The SMILES string of the molecule is OP(=S)(S)OCCCCCCCCCC1CCCCCCCCCCC1. The second-order valence-corrected chi connectivity index (χ2v) is 13.4. The fourth-order valence-electron chi connectivity index (χ4n) is 4.14. The van der Waals surface area contributed by atoms with Crippen LogP contribution < -0.4 is 0 Å². The minimum absolute atomic E-state index is 0.555. The first-order valence-electron chi connectivity index (χ1n) is 11.3. The Morgan fingerprint density at radius 3 is 1.65 bits per heavy atom. The molecular formula is C21H43O2PS2. The topological polar surface area (TPSA) is 29.5 Å². The summed E-state index contributed by atoms with van der Waals surface area (Å²) in [5.74, 6) is 1.01. The van der Waals surface area contributed by atoms with Crippen LogP contribution in [0.5, 0.6) is 0 Å². The average molecular weight is 423 g/mol. The molecule has 0 aliphatic heterocycles. The van der Waals surface area contributed by atoms with Crippen molar-refractivity contribution in [2.45, 2.75) is 122 Å². The molecule has 0 bridgehead atoms. The van der Waals surface area contributed by atoms with Gasteiger partial charge in [0.2, 0.25) is 5.69 Å². The van der Waals surface area contributed by atoms with Gasteiger partial charge in [0.25, 0.3) is 0 Å². The molecule has 156 valence electrons. The minimum Gasteiger partial charge on any atom is -0.338 e. The second-order valence-electron chi connectivity index (χ2n) is 8.21. The van der Waals surface area contributed by atoms with Crippen LogP contribution in [0.25, 0.3) is 0 Å². The lowest BCUT2D eigenvalue weighted by atomic mass is 9.89. The number of unbranched alkanes of at least 4 members (excludes halogenated alkanes) is 6. The van der Waals surface area contributed by atoms with Gasteiger partial charge in [0.1, 0.15) is 0 Å². The lowest BCUT2D eigenvalue weighted by molar-refractivity contribution is 0.307. The third-order valence-corrected chi connectivity index (χ3v) is 6.92. The van der Waals surface area contributed by atoms with Gasteiger partial charge in [0.15, 0.2) is 0 Å². The van der Waals surface area contributed by atoms with Gasteiger partial charge in [0.05, 0.1) is 6.61 Å². The molecule has 0 aromatic rings. The Morgan fingerprint density at radius 1 is 0.731 bits per heavy atom. The summed E-state index contributed by atoms with van der Waals surface area (Å²) in [6, 6.07) is 0. The standard InChI is InChI=1S/C21H43O2PS2/c22-24(25,26)23-20-16-12-8-4-7-11-15-19-21-17-13-9-5-2-1-3-6-10-14-18-21/h21H,1-20H2,(H2,22,25,26). The van der Waals surface area contributed by atoms with Crippen molar-refractivity contribution < 1.29 is 9.42 Å². The van der Waals surface area contributed by atoms with Crippen LogP contribution in [0.3, 0.4) is 0 Å². The molecular weight excluding hydrogens is 379 g/mol. The second kappa shape index (κ2) is 16.8. The number of thiol groups is 1. The Bertz CT molecular complexity index is 348. The molecule has 1 saturated carbocycles. The smallest absolute Gasteiger partial charge is 0.241 e. The van der Waals surface area contributed by atoms with E-state index < -0.39 is 5.69 Å². The zero-order chi connectivity index (χ0) is 18.9. The van der Waals surface area contributed by atoms with Gasteiger partial charge in [-0.25, -0.2) is 0 Å². The largest absolute Gasteiger partial charge is 0.338 e. The number of rotatable bonds is 11. The van der Waals surface area contributed by atoms with E-state index in [0.29, 0.717) is 6.61 Å². The zero-order valence-electron chi connectivity index (χ0n) is 16.9. The van der Waals surface area contributed by atoms with E-state index in [9.17, 15) is 4.89 Å². The lowest BCUT2D eigenvalue weighted by Gasteiger charge is -2.17. The first-order chi connectivity index (χ1) is 12.6. The molecule has 0 amide bonds. The molecule has 0 aromatic carbocycles. The van der Waals surface area contributed by atoms with Crippen molar-refractivity contribution in [3.63, 3.8) is 0 Å². The molecule has 1 aliphatic carbocycles. The van der Waals surface area contributed by atoms with Gasteiger partial charge >= 0.3 is 0 Å². The Kier molecular flexibility index (Phi) is 16.2. The normalized spacial score (nSPS) is 20.8. The molecule has 5 heteroatoms. The van der Waals surface area contributed by atoms with E-state index >= 15 is 0 Å². The van der Waals surface area contributed by atoms with E-state index in [1.807, 2.05) is 0 Å². The van der Waals surface area contributed by atoms with Gasteiger partial charge in [-0.05, 0) is 24.1 Å². The molecule has 0 heterocycles. The number of hydrogen-bond acceptors (Lipinski definition) is 2. The predicted molar refractivity (Wildman–Crippen MR) is 123 cm³/mol. The highest BCUT2D eigenvalue weighted by molar-refractivity contribution is 8.59. The van der Waals surface area contributed by atoms with Crippen LogP contribution >= 0.6 is 17.9 Å². The van der Waals surface area contributed by atoms with Gasteiger partial charge in [-0.15, -0.1) is 0 Å². The van der Waals surface area contributed by atoms with Crippen molar-refractivity contribution in [2.24, 2.45) is 5.92 Å². The molecule has 1 rings (SSSR count). The maximum Gasteiger partial charge on any atom is 0.241 e. The summed E-state index contributed by atoms with van der Waals surface area (Å²) in [7, 11) is 0. The Labute approximate surface area is 173 Å². The minimum atomic E-state index is -2.74. The van der Waals surface area contributed by atoms with E-state index in [4.69, 9.17) is 16.3 Å². The van der Waals surface area contributed by atoms with Crippen molar-refractivity contribution in [3.8, 4) is 0 Å². The summed E-state index contributed by atoms with van der Waals surface area (Å²) in [4.78, 5) is 9.28. The van der Waals surface area contributed by atoms with Crippen molar-refractivity contribution in [1.29, 1.82) is 0 Å². The Balaban J connectivity index is 1.96. The summed E-state index contributed by atoms with van der Waals surface area (Å²) in [5.41, 5.74) is -2.74. The molecule has 0 saturated heterocycles. The number of hydrogen-bond donors (Lipinski definition) is 2. The van der Waals surface area contributed by atoms with Crippen LogP contribution in [0.2, 0.25) is 0 Å². The van der Waals surface area contributed by atoms with E-state index in [2.05, 4.69) is 12.2 Å². The molecule has 2 nitrogen and oxygen atoms in total. The van der Waals surface area contributed by atoms with Crippen molar-refractivity contribution in [3.05, 3.63) is 0 Å². The van der Waals surface area contributed by atoms with Crippen LogP contribution in [0, 0.1) is 5.92 Å². The first-order valence-corrected chi connectivity index (χ1v) is 15.1. The van der Waals surface area contributed by atoms with Crippen molar-refractivity contribution >= 4 is 29.7 Å². The molecule has 1 unspecified atom stereocenters. The Hall–Kier alpha value is 0.920. The van der Waals surface area contributed by atoms with Gasteiger partial charge in [-0.1, -0.05) is 128 Å². The molecule has 26 heavy (non-hydrogen) atoms. The van der Waals surface area contributed by atoms with Crippen molar-refractivity contribution in [2.75, 3.05) is 6.61 Å². The molecule has 1 aliphatic rings. The average Bonchev–Trinajstić information content (AvgIpc) is 2.57. The fourth-order valence-corrected chi connectivity index (χ4v) is 4.97. The summed E-state index contributed by atoms with van der Waals surface area (Å²) < 4.78 is 5.14. The highest BCUT2D eigenvalue weighted by Gasteiger charge is 2.09. The maximum absolute atomic E-state index is 9.28. The van der Waals surface area contributed by atoms with E-state index in [1.165, 1.54) is 116 Å². The van der Waals surface area contributed by atoms with Gasteiger partial charge in [-0.3, -0.25) is 0 Å². The first kappa shape index (κ1) is 25.0. The molecule has 0 spiro atoms. The van der Waals surface area contributed by atoms with Gasteiger partial charge in [-0.2, -0.15) is 0 Å². The van der Waals surface area contributed by atoms with Gasteiger partial charge < -0.3 is 9.42 Å². The highest BCUT2D eigenvalue weighted by atomic mass is 32.9. The third kappa shape index (κ3) is 17.0. The van der Waals surface area contributed by atoms with Gasteiger partial charge in [0, 0.05) is 0 Å². The molecule has 1 fully saturated rings. The summed E-state index contributed by atoms with van der Waals surface area (Å²) >= 11 is 8.61. The highest BCUT2D eigenvalue weighted by Crippen LogP contribution is 2.47. The molecule has 1 N–H and O–H groups in total. The van der Waals surface area contributed by atoms with Crippen LogP contribution in [-0.2, 0) is 16.3 Å². The van der Waals surface area contributed by atoms with Crippen LogP contribution in [0.15, 0.2) is 0 Å². The zero-order valence-corrected chi connectivity index (χ0v) is 19.5.